The monoisotopic (exact) mass is 565 g/mol. The third kappa shape index (κ3) is 5.17. The molecule has 4 rings (SSSR count). The van der Waals surface area contributed by atoms with Crippen LogP contribution in [0.15, 0.2) is 11.6 Å². The summed E-state index contributed by atoms with van der Waals surface area (Å²) in [4.78, 5) is 60.5. The first kappa shape index (κ1) is 29.7. The maximum absolute atomic E-state index is 13.3. The molecule has 4 aliphatic rings. The fourth-order valence-electron chi connectivity index (χ4n) is 8.16. The summed E-state index contributed by atoms with van der Waals surface area (Å²) >= 11 is 3.86. The topological polar surface area (TPSA) is 167 Å². The van der Waals surface area contributed by atoms with Gasteiger partial charge in [0, 0.05) is 24.0 Å². The lowest BCUT2D eigenvalue weighted by molar-refractivity contribution is -0.184. The van der Waals surface area contributed by atoms with Crippen LogP contribution in [0.25, 0.3) is 0 Å². The van der Waals surface area contributed by atoms with Crippen molar-refractivity contribution in [1.82, 2.24) is 5.32 Å². The molecule has 39 heavy (non-hydrogen) atoms. The van der Waals surface area contributed by atoms with Crippen molar-refractivity contribution in [3.05, 3.63) is 11.6 Å². The normalized spacial score (nSPS) is 38.0. The molecule has 0 heterocycles. The molecule has 4 aliphatic carbocycles. The number of thiol groups is 1. The zero-order valence-electron chi connectivity index (χ0n) is 22.5. The number of ether oxygens (including phenoxy) is 1. The number of aliphatic hydroxyl groups excluding tert-OH is 1. The van der Waals surface area contributed by atoms with E-state index in [-0.39, 0.29) is 60.4 Å². The van der Waals surface area contributed by atoms with Crippen LogP contribution < -0.4 is 5.32 Å². The molecule has 0 aromatic rings. The van der Waals surface area contributed by atoms with Gasteiger partial charge in [-0.3, -0.25) is 19.2 Å². The number of Topliss-reactive ketones (excluding diaryl/α,β-unsaturated/α-hetero) is 1. The minimum atomic E-state index is -1.76. The van der Waals surface area contributed by atoms with E-state index in [9.17, 15) is 34.2 Å². The van der Waals surface area contributed by atoms with Gasteiger partial charge in [0.1, 0.15) is 11.6 Å². The molecule has 3 saturated carbocycles. The Balaban J connectivity index is 1.39. The van der Waals surface area contributed by atoms with E-state index in [2.05, 4.69) is 24.9 Å². The Labute approximate surface area is 233 Å². The summed E-state index contributed by atoms with van der Waals surface area (Å²) in [6, 6.07) is -1.18. The number of hydrogen-bond donors (Lipinski definition) is 5. The number of amides is 1. The molecular weight excluding hydrogens is 526 g/mol. The molecule has 0 aromatic heterocycles. The van der Waals surface area contributed by atoms with Gasteiger partial charge in [0.05, 0.1) is 12.5 Å². The molecule has 0 bridgehead atoms. The van der Waals surface area contributed by atoms with E-state index in [1.54, 1.807) is 6.08 Å². The highest BCUT2D eigenvalue weighted by Gasteiger charge is 2.68. The Kier molecular flexibility index (Phi) is 8.36. The van der Waals surface area contributed by atoms with Crippen LogP contribution in [0.2, 0.25) is 0 Å². The van der Waals surface area contributed by atoms with Gasteiger partial charge in [0.25, 0.3) is 0 Å². The van der Waals surface area contributed by atoms with Gasteiger partial charge in [-0.2, -0.15) is 12.6 Å². The minimum absolute atomic E-state index is 0.00395. The van der Waals surface area contributed by atoms with Gasteiger partial charge in [-0.1, -0.05) is 19.4 Å². The second-order valence-electron chi connectivity index (χ2n) is 12.2. The highest BCUT2D eigenvalue weighted by Crippen LogP contribution is 2.67. The maximum atomic E-state index is 13.3. The van der Waals surface area contributed by atoms with Crippen molar-refractivity contribution in [1.29, 1.82) is 0 Å². The Bertz CT molecular complexity index is 1090. The molecule has 0 aliphatic heterocycles. The predicted octanol–water partition coefficient (Wildman–Crippen LogP) is 1.61. The molecule has 216 valence electrons. The lowest BCUT2D eigenvalue weighted by atomic mass is 9.45. The third-order valence-electron chi connectivity index (χ3n) is 10.2. The molecule has 0 saturated heterocycles. The molecule has 0 aromatic carbocycles. The SMILES string of the molecule is CC12CCC(=O)C=C1CCC1C2C(O)CC2(C)C1CCC2(O)C(=O)COC(=O)CCC(=O)NC(CS)C(=O)O. The van der Waals surface area contributed by atoms with Crippen LogP contribution >= 0.6 is 12.6 Å². The third-order valence-corrected chi connectivity index (χ3v) is 10.6. The second kappa shape index (κ2) is 11.0. The molecule has 3 fully saturated rings. The number of carboxylic acid groups (broad SMARTS) is 1. The number of allylic oxidation sites excluding steroid dienone is 1. The fraction of sp³-hybridized carbons (Fsp3) is 0.750. The molecule has 11 heteroatoms. The molecule has 4 N–H and O–H groups in total. The van der Waals surface area contributed by atoms with Crippen LogP contribution in [0, 0.1) is 28.6 Å². The quantitative estimate of drug-likeness (QED) is 0.206. The van der Waals surface area contributed by atoms with Crippen molar-refractivity contribution >= 4 is 42.0 Å². The van der Waals surface area contributed by atoms with Crippen molar-refractivity contribution in [2.75, 3.05) is 12.4 Å². The van der Waals surface area contributed by atoms with Gasteiger partial charge in [0.15, 0.2) is 12.4 Å². The largest absolute Gasteiger partial charge is 0.480 e. The van der Waals surface area contributed by atoms with Crippen LogP contribution in [-0.4, -0.2) is 74.8 Å². The summed E-state index contributed by atoms with van der Waals surface area (Å²) in [5.41, 5.74) is -1.82. The Morgan fingerprint density at radius 3 is 2.54 bits per heavy atom. The summed E-state index contributed by atoms with van der Waals surface area (Å²) < 4.78 is 5.10. The number of carbonyl (C=O) groups excluding carboxylic acids is 4. The summed E-state index contributed by atoms with van der Waals surface area (Å²) in [5, 5.41) is 34.4. The van der Waals surface area contributed by atoms with E-state index in [1.165, 1.54) is 0 Å². The average Bonchev–Trinajstić information content (AvgIpc) is 3.15. The highest BCUT2D eigenvalue weighted by molar-refractivity contribution is 7.80. The molecule has 8 atom stereocenters. The summed E-state index contributed by atoms with van der Waals surface area (Å²) in [6.45, 7) is 3.34. The minimum Gasteiger partial charge on any atom is -0.480 e. The first-order chi connectivity index (χ1) is 18.3. The molecule has 0 spiro atoms. The van der Waals surface area contributed by atoms with E-state index >= 15 is 0 Å². The van der Waals surface area contributed by atoms with Gasteiger partial charge in [-0.15, -0.1) is 0 Å². The van der Waals surface area contributed by atoms with E-state index in [0.29, 0.717) is 19.3 Å². The van der Waals surface area contributed by atoms with E-state index in [4.69, 9.17) is 9.84 Å². The number of ketones is 2. The van der Waals surface area contributed by atoms with Gasteiger partial charge in [-0.25, -0.2) is 4.79 Å². The average molecular weight is 566 g/mol. The number of carboxylic acids is 1. The maximum Gasteiger partial charge on any atom is 0.327 e. The summed E-state index contributed by atoms with van der Waals surface area (Å²) in [7, 11) is 0. The lowest BCUT2D eigenvalue weighted by Gasteiger charge is -2.60. The number of carbonyl (C=O) groups is 5. The highest BCUT2D eigenvalue weighted by atomic mass is 32.1. The predicted molar refractivity (Wildman–Crippen MR) is 142 cm³/mol. The fourth-order valence-corrected chi connectivity index (χ4v) is 8.40. The molecule has 10 nitrogen and oxygen atoms in total. The van der Waals surface area contributed by atoms with Crippen LogP contribution in [-0.2, 0) is 28.7 Å². The lowest BCUT2D eigenvalue weighted by Crippen LogP contribution is -2.62. The van der Waals surface area contributed by atoms with Crippen LogP contribution in [0.3, 0.4) is 0 Å². The number of aliphatic hydroxyl groups is 2. The first-order valence-corrected chi connectivity index (χ1v) is 14.4. The number of esters is 1. The standard InChI is InChI=1S/C28H39NO9S/c1-26-9-7-16(30)11-15(26)3-4-17-18-8-10-28(37,27(18,2)12-20(31)24(17)26)21(32)13-38-23(34)6-5-22(33)29-19(14-39)25(35)36/h11,17-20,24,31,37,39H,3-10,12-14H2,1-2H3,(H,29,33)(H,35,36). The first-order valence-electron chi connectivity index (χ1n) is 13.7. The Morgan fingerprint density at radius 1 is 1.15 bits per heavy atom. The number of hydrogen-bond acceptors (Lipinski definition) is 9. The number of rotatable bonds is 9. The number of fused-ring (bicyclic) bond motifs is 5. The van der Waals surface area contributed by atoms with Crippen molar-refractivity contribution in [2.24, 2.45) is 28.6 Å². The van der Waals surface area contributed by atoms with Gasteiger partial charge in [-0.05, 0) is 67.8 Å². The second-order valence-corrected chi connectivity index (χ2v) is 12.6. The van der Waals surface area contributed by atoms with Crippen molar-refractivity contribution in [2.45, 2.75) is 89.4 Å². The summed E-state index contributed by atoms with van der Waals surface area (Å²) in [6.07, 6.45) is 4.12. The van der Waals surface area contributed by atoms with E-state index < -0.39 is 53.4 Å². The van der Waals surface area contributed by atoms with E-state index in [0.717, 1.165) is 18.4 Å². The zero-order chi connectivity index (χ0) is 28.8. The Morgan fingerprint density at radius 2 is 1.87 bits per heavy atom. The van der Waals surface area contributed by atoms with Crippen LogP contribution in [0.4, 0.5) is 0 Å². The molecule has 8 unspecified atom stereocenters. The van der Waals surface area contributed by atoms with Crippen molar-refractivity contribution in [3.63, 3.8) is 0 Å². The van der Waals surface area contributed by atoms with Crippen LogP contribution in [0.1, 0.15) is 71.6 Å². The van der Waals surface area contributed by atoms with Gasteiger partial charge < -0.3 is 25.4 Å². The number of nitrogens with one attached hydrogen (secondary N) is 1. The molecule has 1 amide bonds. The van der Waals surface area contributed by atoms with Crippen LogP contribution in [0.5, 0.6) is 0 Å². The molecular formula is C28H39NO9S. The van der Waals surface area contributed by atoms with Crippen molar-refractivity contribution < 1.29 is 44.0 Å². The Hall–Kier alpha value is -2.24. The smallest absolute Gasteiger partial charge is 0.327 e. The number of aliphatic carboxylic acids is 1. The molecule has 0 radical (unpaired) electrons. The summed E-state index contributed by atoms with van der Waals surface area (Å²) in [5.74, 6) is -3.24. The van der Waals surface area contributed by atoms with E-state index in [1.807, 2.05) is 6.92 Å². The van der Waals surface area contributed by atoms with Gasteiger partial charge in [0.2, 0.25) is 11.7 Å². The zero-order valence-corrected chi connectivity index (χ0v) is 23.4. The van der Waals surface area contributed by atoms with Crippen molar-refractivity contribution in [3.8, 4) is 0 Å². The van der Waals surface area contributed by atoms with Gasteiger partial charge >= 0.3 is 11.9 Å².